The lowest BCUT2D eigenvalue weighted by Crippen LogP contribution is -2.40. The van der Waals surface area contributed by atoms with E-state index < -0.39 is 4.92 Å². The van der Waals surface area contributed by atoms with Crippen LogP contribution in [0.2, 0.25) is 0 Å². The van der Waals surface area contributed by atoms with Gasteiger partial charge in [0.15, 0.2) is 0 Å². The molecular weight excluding hydrogens is 260 g/mol. The van der Waals surface area contributed by atoms with Crippen LogP contribution in [0.1, 0.15) is 36.0 Å². The molecule has 0 radical (unpaired) electrons. The number of benzene rings is 1. The predicted octanol–water partition coefficient (Wildman–Crippen LogP) is 1.97. The molecule has 6 nitrogen and oxygen atoms in total. The van der Waals surface area contributed by atoms with Crippen molar-refractivity contribution in [2.75, 3.05) is 13.2 Å². The smallest absolute Gasteiger partial charge is 0.270 e. The Kier molecular flexibility index (Phi) is 4.68. The highest BCUT2D eigenvalue weighted by molar-refractivity contribution is 5.95. The van der Waals surface area contributed by atoms with Gasteiger partial charge in [0, 0.05) is 30.3 Å². The van der Waals surface area contributed by atoms with E-state index >= 15 is 0 Å². The van der Waals surface area contributed by atoms with Crippen molar-refractivity contribution in [3.05, 3.63) is 39.9 Å². The quantitative estimate of drug-likeness (QED) is 0.659. The maximum atomic E-state index is 12.5. The summed E-state index contributed by atoms with van der Waals surface area (Å²) in [4.78, 5) is 24.4. The third-order valence-corrected chi connectivity index (χ3v) is 3.67. The van der Waals surface area contributed by atoms with Crippen LogP contribution in [0.5, 0.6) is 0 Å². The van der Waals surface area contributed by atoms with Gasteiger partial charge in [-0.15, -0.1) is 0 Å². The second-order valence-electron chi connectivity index (χ2n) is 4.97. The Bertz CT molecular complexity index is 498. The van der Waals surface area contributed by atoms with Gasteiger partial charge < -0.3 is 10.0 Å². The van der Waals surface area contributed by atoms with Gasteiger partial charge in [0.1, 0.15) is 0 Å². The average Bonchev–Trinajstić information content (AvgIpc) is 2.98. The molecule has 0 saturated heterocycles. The summed E-state index contributed by atoms with van der Waals surface area (Å²) >= 11 is 0. The van der Waals surface area contributed by atoms with E-state index in [9.17, 15) is 14.9 Å². The van der Waals surface area contributed by atoms with Gasteiger partial charge in [-0.1, -0.05) is 18.9 Å². The van der Waals surface area contributed by atoms with Crippen LogP contribution in [0.15, 0.2) is 24.3 Å². The van der Waals surface area contributed by atoms with Gasteiger partial charge in [0.25, 0.3) is 11.6 Å². The van der Waals surface area contributed by atoms with Crippen molar-refractivity contribution in [2.24, 2.45) is 0 Å². The Hall–Kier alpha value is -1.95. The summed E-state index contributed by atoms with van der Waals surface area (Å²) in [6.45, 7) is 0.170. The minimum atomic E-state index is -0.511. The number of carbonyl (C=O) groups excluding carboxylic acids is 1. The van der Waals surface area contributed by atoms with Gasteiger partial charge in [0.2, 0.25) is 0 Å². The van der Waals surface area contributed by atoms with Crippen LogP contribution in [-0.4, -0.2) is 40.0 Å². The fourth-order valence-electron chi connectivity index (χ4n) is 2.69. The largest absolute Gasteiger partial charge is 0.395 e. The molecule has 1 fully saturated rings. The number of nitrogens with zero attached hydrogens (tertiary/aromatic N) is 2. The van der Waals surface area contributed by atoms with Crippen molar-refractivity contribution in [3.8, 4) is 0 Å². The topological polar surface area (TPSA) is 83.7 Å². The molecule has 1 aliphatic carbocycles. The minimum Gasteiger partial charge on any atom is -0.395 e. The van der Waals surface area contributed by atoms with Crippen LogP contribution in [0.25, 0.3) is 0 Å². The second kappa shape index (κ2) is 6.47. The predicted molar refractivity (Wildman–Crippen MR) is 73.5 cm³/mol. The molecule has 1 aromatic carbocycles. The van der Waals surface area contributed by atoms with Gasteiger partial charge in [-0.2, -0.15) is 0 Å². The molecule has 20 heavy (non-hydrogen) atoms. The molecule has 0 spiro atoms. The summed E-state index contributed by atoms with van der Waals surface area (Å²) in [5, 5.41) is 19.9. The Balaban J connectivity index is 2.22. The molecule has 0 atom stereocenters. The summed E-state index contributed by atoms with van der Waals surface area (Å²) < 4.78 is 0. The highest BCUT2D eigenvalue weighted by Crippen LogP contribution is 2.25. The Morgan fingerprint density at radius 3 is 2.70 bits per heavy atom. The highest BCUT2D eigenvalue weighted by Gasteiger charge is 2.27. The van der Waals surface area contributed by atoms with Crippen LogP contribution >= 0.6 is 0 Å². The molecular formula is C14H18N2O4. The SMILES string of the molecule is O=C(c1cccc([N+](=O)[O-])c1)N(CCO)C1CCCC1. The highest BCUT2D eigenvalue weighted by atomic mass is 16.6. The summed E-state index contributed by atoms with van der Waals surface area (Å²) in [6, 6.07) is 5.88. The zero-order valence-electron chi connectivity index (χ0n) is 11.2. The molecule has 108 valence electrons. The van der Waals surface area contributed by atoms with E-state index in [4.69, 9.17) is 5.11 Å². The van der Waals surface area contributed by atoms with Crippen LogP contribution in [0, 0.1) is 10.1 Å². The third-order valence-electron chi connectivity index (χ3n) is 3.67. The van der Waals surface area contributed by atoms with Crippen molar-refractivity contribution < 1.29 is 14.8 Å². The van der Waals surface area contributed by atoms with Crippen LogP contribution in [-0.2, 0) is 0 Å². The Labute approximate surface area is 117 Å². The van der Waals surface area contributed by atoms with E-state index in [0.29, 0.717) is 5.56 Å². The summed E-state index contributed by atoms with van der Waals surface area (Å²) in [6.07, 6.45) is 4.02. The van der Waals surface area contributed by atoms with E-state index in [0.717, 1.165) is 25.7 Å². The molecule has 0 aromatic heterocycles. The molecule has 1 aromatic rings. The molecule has 0 heterocycles. The summed E-state index contributed by atoms with van der Waals surface area (Å²) in [5.41, 5.74) is 0.214. The van der Waals surface area contributed by atoms with Gasteiger partial charge in [-0.25, -0.2) is 0 Å². The number of amides is 1. The fraction of sp³-hybridized carbons (Fsp3) is 0.500. The summed E-state index contributed by atoms with van der Waals surface area (Å²) in [5.74, 6) is -0.241. The standard InChI is InChI=1S/C14H18N2O4/c17-9-8-15(12-5-1-2-6-12)14(18)11-4-3-7-13(10-11)16(19)20/h3-4,7,10,12,17H,1-2,5-6,8-9H2. The molecule has 1 saturated carbocycles. The molecule has 0 unspecified atom stereocenters. The number of hydrogen-bond acceptors (Lipinski definition) is 4. The van der Waals surface area contributed by atoms with Crippen molar-refractivity contribution in [3.63, 3.8) is 0 Å². The lowest BCUT2D eigenvalue weighted by atomic mass is 10.1. The van der Waals surface area contributed by atoms with Crippen molar-refractivity contribution >= 4 is 11.6 Å². The number of aliphatic hydroxyl groups excluding tert-OH is 1. The zero-order valence-corrected chi connectivity index (χ0v) is 11.2. The van der Waals surface area contributed by atoms with Crippen LogP contribution < -0.4 is 0 Å². The van der Waals surface area contributed by atoms with E-state index in [2.05, 4.69) is 0 Å². The maximum absolute atomic E-state index is 12.5. The molecule has 0 aliphatic heterocycles. The monoisotopic (exact) mass is 278 g/mol. The lowest BCUT2D eigenvalue weighted by Gasteiger charge is -2.28. The van der Waals surface area contributed by atoms with Gasteiger partial charge >= 0.3 is 0 Å². The number of rotatable bonds is 5. The Morgan fingerprint density at radius 2 is 2.10 bits per heavy atom. The first-order chi connectivity index (χ1) is 9.63. The van der Waals surface area contributed by atoms with Crippen molar-refractivity contribution in [1.29, 1.82) is 0 Å². The minimum absolute atomic E-state index is 0.0915. The lowest BCUT2D eigenvalue weighted by molar-refractivity contribution is -0.384. The second-order valence-corrected chi connectivity index (χ2v) is 4.97. The van der Waals surface area contributed by atoms with Crippen LogP contribution in [0.3, 0.4) is 0 Å². The van der Waals surface area contributed by atoms with Gasteiger partial charge in [0.05, 0.1) is 11.5 Å². The maximum Gasteiger partial charge on any atom is 0.270 e. The van der Waals surface area contributed by atoms with Crippen LogP contribution in [0.4, 0.5) is 5.69 Å². The van der Waals surface area contributed by atoms with Gasteiger partial charge in [-0.05, 0) is 18.9 Å². The first kappa shape index (κ1) is 14.5. The van der Waals surface area contributed by atoms with Crippen molar-refractivity contribution in [2.45, 2.75) is 31.7 Å². The molecule has 2 rings (SSSR count). The zero-order chi connectivity index (χ0) is 14.5. The molecule has 1 aliphatic rings. The van der Waals surface area contributed by atoms with E-state index in [1.165, 1.54) is 18.2 Å². The van der Waals surface area contributed by atoms with Crippen molar-refractivity contribution in [1.82, 2.24) is 4.90 Å². The number of nitro benzene ring substituents is 1. The fourth-order valence-corrected chi connectivity index (χ4v) is 2.69. The number of hydrogen-bond donors (Lipinski definition) is 1. The average molecular weight is 278 g/mol. The first-order valence-corrected chi connectivity index (χ1v) is 6.80. The molecule has 0 bridgehead atoms. The number of non-ortho nitro benzene ring substituents is 1. The third kappa shape index (κ3) is 3.14. The van der Waals surface area contributed by atoms with Gasteiger partial charge in [-0.3, -0.25) is 14.9 Å². The van der Waals surface area contributed by atoms with E-state index in [-0.39, 0.29) is 30.8 Å². The summed E-state index contributed by atoms with van der Waals surface area (Å²) in [7, 11) is 0. The number of carbonyl (C=O) groups is 1. The molecule has 6 heteroatoms. The number of nitro groups is 1. The first-order valence-electron chi connectivity index (χ1n) is 6.80. The molecule has 1 amide bonds. The normalized spacial score (nSPS) is 15.2. The Morgan fingerprint density at radius 1 is 1.40 bits per heavy atom. The number of aliphatic hydroxyl groups is 1. The molecule has 1 N–H and O–H groups in total. The van der Waals surface area contributed by atoms with E-state index in [1.54, 1.807) is 11.0 Å². The van der Waals surface area contributed by atoms with E-state index in [1.807, 2.05) is 0 Å².